The summed E-state index contributed by atoms with van der Waals surface area (Å²) in [6.07, 6.45) is 6.03. The van der Waals surface area contributed by atoms with Crippen molar-refractivity contribution in [3.8, 4) is 5.75 Å². The summed E-state index contributed by atoms with van der Waals surface area (Å²) in [6.45, 7) is 9.80. The number of benzene rings is 1. The smallest absolute Gasteiger partial charge is 0.122 e. The summed E-state index contributed by atoms with van der Waals surface area (Å²) in [5, 5.41) is 3.49. The van der Waals surface area contributed by atoms with Crippen molar-refractivity contribution in [1.82, 2.24) is 5.32 Å². The third kappa shape index (κ3) is 7.54. The second-order valence-corrected chi connectivity index (χ2v) is 5.82. The number of hydrogen-bond acceptors (Lipinski definition) is 2. The fourth-order valence-electron chi connectivity index (χ4n) is 2.22. The number of hydrogen-bond donors (Lipinski definition) is 1. The minimum absolute atomic E-state index is 0.752. The highest BCUT2D eigenvalue weighted by Gasteiger charge is 2.00. The number of nitrogens with one attached hydrogen (secondary N) is 1. The largest absolute Gasteiger partial charge is 0.493 e. The molecule has 1 aromatic rings. The monoisotopic (exact) mass is 277 g/mol. The molecular formula is C18H31NO. The highest BCUT2D eigenvalue weighted by Crippen LogP contribution is 2.18. The van der Waals surface area contributed by atoms with Crippen molar-refractivity contribution >= 4 is 0 Å². The Morgan fingerprint density at radius 2 is 1.80 bits per heavy atom. The van der Waals surface area contributed by atoms with Crippen LogP contribution in [0.15, 0.2) is 24.3 Å². The van der Waals surface area contributed by atoms with Crippen LogP contribution in [0.2, 0.25) is 0 Å². The molecule has 0 aromatic heterocycles. The summed E-state index contributed by atoms with van der Waals surface area (Å²) >= 11 is 0. The van der Waals surface area contributed by atoms with Crippen LogP contribution in [0.3, 0.4) is 0 Å². The van der Waals surface area contributed by atoms with E-state index in [2.05, 4.69) is 50.4 Å². The van der Waals surface area contributed by atoms with Gasteiger partial charge in [0.05, 0.1) is 6.61 Å². The highest BCUT2D eigenvalue weighted by molar-refractivity contribution is 5.33. The molecule has 1 rings (SSSR count). The Morgan fingerprint density at radius 3 is 2.55 bits per heavy atom. The molecule has 114 valence electrons. The van der Waals surface area contributed by atoms with Crippen molar-refractivity contribution in [3.05, 3.63) is 29.8 Å². The molecule has 0 unspecified atom stereocenters. The minimum Gasteiger partial charge on any atom is -0.493 e. The Bertz CT molecular complexity index is 349. The van der Waals surface area contributed by atoms with Crippen molar-refractivity contribution in [3.63, 3.8) is 0 Å². The molecule has 0 bridgehead atoms. The first-order valence-corrected chi connectivity index (χ1v) is 8.15. The fourth-order valence-corrected chi connectivity index (χ4v) is 2.22. The number of rotatable bonds is 11. The molecule has 0 aliphatic rings. The summed E-state index contributed by atoms with van der Waals surface area (Å²) in [6, 6.07) is 8.36. The van der Waals surface area contributed by atoms with Gasteiger partial charge in [0, 0.05) is 0 Å². The molecular weight excluding hydrogens is 246 g/mol. The van der Waals surface area contributed by atoms with Crippen molar-refractivity contribution in [2.75, 3.05) is 19.7 Å². The Kier molecular flexibility index (Phi) is 9.14. The van der Waals surface area contributed by atoms with Crippen LogP contribution in [-0.4, -0.2) is 19.7 Å². The Labute approximate surface area is 124 Å². The maximum atomic E-state index is 5.87. The lowest BCUT2D eigenvalue weighted by Crippen LogP contribution is -2.20. The van der Waals surface area contributed by atoms with Crippen LogP contribution in [-0.2, 0) is 6.42 Å². The van der Waals surface area contributed by atoms with Crippen molar-refractivity contribution < 1.29 is 4.74 Å². The molecule has 1 aromatic carbocycles. The second kappa shape index (κ2) is 10.7. The first kappa shape index (κ1) is 17.0. The van der Waals surface area contributed by atoms with Gasteiger partial charge in [0.15, 0.2) is 0 Å². The molecule has 0 atom stereocenters. The zero-order valence-corrected chi connectivity index (χ0v) is 13.5. The van der Waals surface area contributed by atoms with Gasteiger partial charge in [-0.1, -0.05) is 51.8 Å². The lowest BCUT2D eigenvalue weighted by molar-refractivity contribution is 0.301. The molecule has 20 heavy (non-hydrogen) atoms. The molecule has 2 nitrogen and oxygen atoms in total. The first-order chi connectivity index (χ1) is 9.74. The molecule has 1 N–H and O–H groups in total. The molecule has 0 saturated carbocycles. The molecule has 2 heteroatoms. The van der Waals surface area contributed by atoms with E-state index in [9.17, 15) is 0 Å². The molecule has 0 aliphatic heterocycles. The van der Waals surface area contributed by atoms with Crippen molar-refractivity contribution in [2.45, 2.75) is 52.9 Å². The van der Waals surface area contributed by atoms with Crippen molar-refractivity contribution in [1.29, 1.82) is 0 Å². The molecule has 0 fully saturated rings. The Balaban J connectivity index is 1.99. The van der Waals surface area contributed by atoms with Gasteiger partial charge in [0.25, 0.3) is 0 Å². The van der Waals surface area contributed by atoms with Gasteiger partial charge in [-0.15, -0.1) is 0 Å². The van der Waals surface area contributed by atoms with Gasteiger partial charge in [-0.05, 0) is 49.9 Å². The third-order valence-corrected chi connectivity index (χ3v) is 3.41. The quantitative estimate of drug-likeness (QED) is 0.604. The van der Waals surface area contributed by atoms with Crippen LogP contribution >= 0.6 is 0 Å². The van der Waals surface area contributed by atoms with E-state index in [1.807, 2.05) is 0 Å². The third-order valence-electron chi connectivity index (χ3n) is 3.41. The number of ether oxygens (including phenoxy) is 1. The van der Waals surface area contributed by atoms with E-state index in [0.29, 0.717) is 0 Å². The first-order valence-electron chi connectivity index (χ1n) is 8.15. The molecule has 0 saturated heterocycles. The maximum absolute atomic E-state index is 5.87. The molecule has 0 heterocycles. The number of para-hydroxylation sites is 1. The van der Waals surface area contributed by atoms with E-state index in [1.54, 1.807) is 0 Å². The standard InChI is InChI=1S/C18H31NO/c1-4-17-11-7-8-12-18(17)20-14-10-6-5-9-13-19-15-16(2)3/h7-8,11-12,16,19H,4-6,9-10,13-15H2,1-3H3. The molecule has 0 spiro atoms. The van der Waals surface area contributed by atoms with Gasteiger partial charge in [0.2, 0.25) is 0 Å². The summed E-state index contributed by atoms with van der Waals surface area (Å²) < 4.78 is 5.87. The highest BCUT2D eigenvalue weighted by atomic mass is 16.5. The van der Waals surface area contributed by atoms with Crippen LogP contribution in [0.4, 0.5) is 0 Å². The zero-order chi connectivity index (χ0) is 14.6. The normalized spacial score (nSPS) is 11.0. The topological polar surface area (TPSA) is 21.3 Å². The lowest BCUT2D eigenvalue weighted by atomic mass is 10.1. The van der Waals surface area contributed by atoms with Crippen LogP contribution in [0, 0.1) is 5.92 Å². The van der Waals surface area contributed by atoms with Crippen LogP contribution in [0.1, 0.15) is 52.0 Å². The summed E-state index contributed by atoms with van der Waals surface area (Å²) in [5.74, 6) is 1.82. The van der Waals surface area contributed by atoms with Gasteiger partial charge >= 0.3 is 0 Å². The maximum Gasteiger partial charge on any atom is 0.122 e. The van der Waals surface area contributed by atoms with Crippen molar-refractivity contribution in [2.24, 2.45) is 5.92 Å². The second-order valence-electron chi connectivity index (χ2n) is 5.82. The van der Waals surface area contributed by atoms with Gasteiger partial charge < -0.3 is 10.1 Å². The summed E-state index contributed by atoms with van der Waals surface area (Å²) in [7, 11) is 0. The molecule has 0 amide bonds. The van der Waals surface area contributed by atoms with E-state index in [1.165, 1.54) is 24.8 Å². The van der Waals surface area contributed by atoms with E-state index in [0.717, 1.165) is 44.2 Å². The summed E-state index contributed by atoms with van der Waals surface area (Å²) in [4.78, 5) is 0. The van der Waals surface area contributed by atoms with Crippen LogP contribution in [0.5, 0.6) is 5.75 Å². The predicted molar refractivity (Wildman–Crippen MR) is 87.5 cm³/mol. The average Bonchev–Trinajstić information content (AvgIpc) is 2.45. The summed E-state index contributed by atoms with van der Waals surface area (Å²) in [5.41, 5.74) is 1.31. The van der Waals surface area contributed by atoms with Gasteiger partial charge in [-0.2, -0.15) is 0 Å². The number of aryl methyl sites for hydroxylation is 1. The molecule has 0 radical (unpaired) electrons. The Morgan fingerprint density at radius 1 is 1.05 bits per heavy atom. The van der Waals surface area contributed by atoms with Gasteiger partial charge in [-0.3, -0.25) is 0 Å². The van der Waals surface area contributed by atoms with E-state index in [4.69, 9.17) is 4.74 Å². The van der Waals surface area contributed by atoms with Crippen LogP contribution in [0.25, 0.3) is 0 Å². The average molecular weight is 277 g/mol. The van der Waals surface area contributed by atoms with Crippen LogP contribution < -0.4 is 10.1 Å². The molecule has 0 aliphatic carbocycles. The zero-order valence-electron chi connectivity index (χ0n) is 13.5. The van der Waals surface area contributed by atoms with Gasteiger partial charge in [-0.25, -0.2) is 0 Å². The lowest BCUT2D eigenvalue weighted by Gasteiger charge is -2.10. The number of unbranched alkanes of at least 4 members (excludes halogenated alkanes) is 3. The predicted octanol–water partition coefficient (Wildman–Crippen LogP) is 4.43. The van der Waals surface area contributed by atoms with E-state index < -0.39 is 0 Å². The fraction of sp³-hybridized carbons (Fsp3) is 0.667. The Hall–Kier alpha value is -1.02. The van der Waals surface area contributed by atoms with E-state index in [-0.39, 0.29) is 0 Å². The SMILES string of the molecule is CCc1ccccc1OCCCCCCNCC(C)C. The van der Waals surface area contributed by atoms with Gasteiger partial charge in [0.1, 0.15) is 5.75 Å². The van der Waals surface area contributed by atoms with E-state index >= 15 is 0 Å². The minimum atomic E-state index is 0.752.